The number of benzene rings is 2. The molecule has 0 radical (unpaired) electrons. The summed E-state index contributed by atoms with van der Waals surface area (Å²) in [6.07, 6.45) is 2.98. The van der Waals surface area contributed by atoms with E-state index in [2.05, 4.69) is 65.9 Å². The maximum atomic E-state index is 4.93. The van der Waals surface area contributed by atoms with Crippen LogP contribution in [-0.4, -0.2) is 14.5 Å². The molecule has 2 aromatic carbocycles. The van der Waals surface area contributed by atoms with Gasteiger partial charge in [-0.1, -0.05) is 44.2 Å². The topological polar surface area (TPSA) is 30.7 Å². The van der Waals surface area contributed by atoms with Gasteiger partial charge in [-0.05, 0) is 36.6 Å². The molecule has 0 aliphatic rings. The molecular weight excluding hydrogens is 560 g/mol. The Morgan fingerprint density at radius 3 is 2.52 bits per heavy atom. The first-order valence-electron chi connectivity index (χ1n) is 8.77. The summed E-state index contributed by atoms with van der Waals surface area (Å²) in [6, 6.07) is 18.8. The number of para-hydroxylation sites is 3. The molecule has 6 heteroatoms. The Morgan fingerprint density at radius 2 is 1.74 bits per heavy atom. The van der Waals surface area contributed by atoms with Crippen LogP contribution in [0.3, 0.4) is 0 Å². The molecular formula is C21H21Cl2N3Pt. The molecule has 0 atom stereocenters. The Kier molecular flexibility index (Phi) is 7.29. The molecule has 0 aliphatic heterocycles. The summed E-state index contributed by atoms with van der Waals surface area (Å²) >= 11 is -0.472. The second-order valence-electron chi connectivity index (χ2n) is 6.68. The van der Waals surface area contributed by atoms with E-state index in [1.807, 2.05) is 18.3 Å². The molecule has 4 rings (SSSR count). The van der Waals surface area contributed by atoms with Crippen LogP contribution in [0, 0.1) is 5.92 Å². The first-order chi connectivity index (χ1) is 13.2. The average Bonchev–Trinajstić information content (AvgIpc) is 3.05. The van der Waals surface area contributed by atoms with Gasteiger partial charge in [0.25, 0.3) is 0 Å². The summed E-state index contributed by atoms with van der Waals surface area (Å²) in [5, 5.41) is 1.15. The summed E-state index contributed by atoms with van der Waals surface area (Å²) in [7, 11) is 9.75. The summed E-state index contributed by atoms with van der Waals surface area (Å²) in [5.74, 6) is 1.67. The predicted octanol–water partition coefficient (Wildman–Crippen LogP) is 6.67. The van der Waals surface area contributed by atoms with Crippen molar-refractivity contribution >= 4 is 40.8 Å². The Balaban J connectivity index is 0.000000659. The SMILES string of the molecule is CC(C)CCn1c(-c2cccc3cccnc23)nc2ccccc21.[Cl][Pt][Cl]. The predicted molar refractivity (Wildman–Crippen MR) is 112 cm³/mol. The van der Waals surface area contributed by atoms with Crippen molar-refractivity contribution < 1.29 is 16.5 Å². The monoisotopic (exact) mass is 580 g/mol. The summed E-state index contributed by atoms with van der Waals surface area (Å²) in [5.41, 5.74) is 4.36. The molecule has 3 nitrogen and oxygen atoms in total. The zero-order chi connectivity index (χ0) is 19.2. The Morgan fingerprint density at radius 1 is 1.00 bits per heavy atom. The van der Waals surface area contributed by atoms with Gasteiger partial charge in [-0.3, -0.25) is 4.98 Å². The van der Waals surface area contributed by atoms with Gasteiger partial charge >= 0.3 is 35.3 Å². The molecule has 144 valence electrons. The van der Waals surface area contributed by atoms with Gasteiger partial charge in [0.15, 0.2) is 0 Å². The standard InChI is InChI=1S/C21H21N3.2ClH.Pt/c1-15(2)12-14-24-19-11-4-3-10-18(19)23-21(24)17-9-5-7-16-8-6-13-22-20(16)17;;;/h3-11,13,15H,12,14H2,1-2H3;2*1H;/q;;;+2/p-2. The number of imidazole rings is 1. The van der Waals surface area contributed by atoms with E-state index >= 15 is 0 Å². The molecule has 0 fully saturated rings. The normalized spacial score (nSPS) is 11.1. The molecule has 0 N–H and O–H groups in total. The molecule has 0 saturated carbocycles. The molecule has 4 aromatic rings. The van der Waals surface area contributed by atoms with E-state index in [0.717, 1.165) is 40.8 Å². The van der Waals surface area contributed by atoms with Crippen LogP contribution in [0.25, 0.3) is 33.3 Å². The second kappa shape index (κ2) is 9.68. The van der Waals surface area contributed by atoms with Crippen LogP contribution in [0.4, 0.5) is 0 Å². The molecule has 0 saturated heterocycles. The van der Waals surface area contributed by atoms with Gasteiger partial charge in [-0.15, -0.1) is 0 Å². The van der Waals surface area contributed by atoms with Crippen LogP contribution < -0.4 is 0 Å². The fraction of sp³-hybridized carbons (Fsp3) is 0.238. The average molecular weight is 581 g/mol. The Bertz CT molecular complexity index is 1020. The fourth-order valence-corrected chi connectivity index (χ4v) is 3.18. The zero-order valence-electron chi connectivity index (χ0n) is 15.2. The van der Waals surface area contributed by atoms with Gasteiger partial charge in [0, 0.05) is 23.7 Å². The van der Waals surface area contributed by atoms with Crippen molar-refractivity contribution in [3.05, 3.63) is 60.8 Å². The van der Waals surface area contributed by atoms with E-state index in [-0.39, 0.29) is 0 Å². The van der Waals surface area contributed by atoms with E-state index in [4.69, 9.17) is 23.8 Å². The van der Waals surface area contributed by atoms with Crippen molar-refractivity contribution in [2.75, 3.05) is 0 Å². The molecule has 0 amide bonds. The third-order valence-corrected chi connectivity index (χ3v) is 4.46. The van der Waals surface area contributed by atoms with Crippen LogP contribution in [0.5, 0.6) is 0 Å². The van der Waals surface area contributed by atoms with Crippen molar-refractivity contribution in [1.29, 1.82) is 0 Å². The molecule has 0 aliphatic carbocycles. The van der Waals surface area contributed by atoms with E-state index in [9.17, 15) is 0 Å². The van der Waals surface area contributed by atoms with Crippen LogP contribution in [0.2, 0.25) is 0 Å². The van der Waals surface area contributed by atoms with Crippen molar-refractivity contribution in [1.82, 2.24) is 14.5 Å². The minimum atomic E-state index is -0.472. The summed E-state index contributed by atoms with van der Waals surface area (Å²) < 4.78 is 2.35. The molecule has 0 bridgehead atoms. The number of fused-ring (bicyclic) bond motifs is 2. The third kappa shape index (κ3) is 4.71. The number of hydrogen-bond donors (Lipinski definition) is 0. The summed E-state index contributed by atoms with van der Waals surface area (Å²) in [4.78, 5) is 9.54. The first-order valence-corrected chi connectivity index (χ1v) is 14.4. The number of rotatable bonds is 4. The fourth-order valence-electron chi connectivity index (χ4n) is 3.18. The van der Waals surface area contributed by atoms with Crippen molar-refractivity contribution in [3.8, 4) is 11.4 Å². The van der Waals surface area contributed by atoms with E-state index < -0.39 is 16.5 Å². The number of halogens is 2. The molecule has 0 spiro atoms. The van der Waals surface area contributed by atoms with Crippen LogP contribution in [0.15, 0.2) is 60.8 Å². The van der Waals surface area contributed by atoms with Gasteiger partial charge in [0.2, 0.25) is 0 Å². The van der Waals surface area contributed by atoms with Crippen molar-refractivity contribution in [3.63, 3.8) is 0 Å². The Hall–Kier alpha value is -1.41. The first kappa shape index (κ1) is 20.3. The maximum absolute atomic E-state index is 4.93. The van der Waals surface area contributed by atoms with E-state index in [0.29, 0.717) is 5.92 Å². The number of aryl methyl sites for hydroxylation is 1. The minimum absolute atomic E-state index is 0.472. The van der Waals surface area contributed by atoms with Gasteiger partial charge < -0.3 is 4.57 Å². The van der Waals surface area contributed by atoms with Crippen LogP contribution >= 0.6 is 18.8 Å². The van der Waals surface area contributed by atoms with Crippen LogP contribution in [-0.2, 0) is 23.0 Å². The third-order valence-electron chi connectivity index (χ3n) is 4.46. The summed E-state index contributed by atoms with van der Waals surface area (Å²) in [6.45, 7) is 5.49. The van der Waals surface area contributed by atoms with Crippen molar-refractivity contribution in [2.45, 2.75) is 26.8 Å². The Labute approximate surface area is 176 Å². The number of pyridine rings is 1. The number of nitrogens with zero attached hydrogens (tertiary/aromatic N) is 3. The van der Waals surface area contributed by atoms with Gasteiger partial charge in [0.1, 0.15) is 5.82 Å². The van der Waals surface area contributed by atoms with E-state index in [1.54, 1.807) is 0 Å². The number of aromatic nitrogens is 3. The van der Waals surface area contributed by atoms with Gasteiger partial charge in [-0.2, -0.15) is 0 Å². The quantitative estimate of drug-likeness (QED) is 0.270. The van der Waals surface area contributed by atoms with Crippen LogP contribution in [0.1, 0.15) is 20.3 Å². The zero-order valence-corrected chi connectivity index (χ0v) is 19.0. The second-order valence-corrected chi connectivity index (χ2v) is 9.97. The van der Waals surface area contributed by atoms with Gasteiger partial charge in [0.05, 0.1) is 16.6 Å². The molecule has 27 heavy (non-hydrogen) atoms. The molecule has 0 unspecified atom stereocenters. The molecule has 2 heterocycles. The number of hydrogen-bond acceptors (Lipinski definition) is 2. The van der Waals surface area contributed by atoms with Crippen molar-refractivity contribution in [2.24, 2.45) is 5.92 Å². The van der Waals surface area contributed by atoms with Gasteiger partial charge in [-0.25, -0.2) is 4.98 Å². The van der Waals surface area contributed by atoms with E-state index in [1.165, 1.54) is 5.52 Å². The molecule has 2 aromatic heterocycles.